The average molecular weight is 486 g/mol. The van der Waals surface area contributed by atoms with Crippen LogP contribution >= 0.6 is 0 Å². The molecular weight excluding hydrogens is 450 g/mol. The van der Waals surface area contributed by atoms with Crippen LogP contribution in [0.2, 0.25) is 0 Å². The van der Waals surface area contributed by atoms with Crippen molar-refractivity contribution in [2.75, 3.05) is 26.2 Å². The molecule has 3 amide bonds. The summed E-state index contributed by atoms with van der Waals surface area (Å²) in [5.41, 5.74) is 1.18. The van der Waals surface area contributed by atoms with Crippen LogP contribution in [0.15, 0.2) is 36.5 Å². The molecule has 2 heterocycles. The van der Waals surface area contributed by atoms with Crippen molar-refractivity contribution < 1.29 is 23.9 Å². The number of piperazine rings is 1. The lowest BCUT2D eigenvalue weighted by Crippen LogP contribution is -2.62. The van der Waals surface area contributed by atoms with Crippen molar-refractivity contribution in [1.29, 1.82) is 0 Å². The fraction of sp³-hybridized carbons (Fsp3) is 0.520. The molecule has 1 aromatic heterocycles. The number of nitrogens with one attached hydrogen (secondary N) is 1. The fourth-order valence-corrected chi connectivity index (χ4v) is 3.85. The lowest BCUT2D eigenvalue weighted by atomic mass is 10.1. The Morgan fingerprint density at radius 1 is 1.09 bits per heavy atom. The van der Waals surface area contributed by atoms with E-state index in [-0.39, 0.29) is 32.1 Å². The lowest BCUT2D eigenvalue weighted by molar-refractivity contribution is -0.128. The molecule has 3 rings (SSSR count). The number of carbonyl (C=O) groups is 3. The van der Waals surface area contributed by atoms with Crippen LogP contribution in [0.3, 0.4) is 0 Å². The Hall–Kier alpha value is -3.56. The lowest BCUT2D eigenvalue weighted by Gasteiger charge is -2.40. The Balaban J connectivity index is 1.67. The summed E-state index contributed by atoms with van der Waals surface area (Å²) in [5.74, 6) is 0.502. The Bertz CT molecular complexity index is 1010. The van der Waals surface area contributed by atoms with Crippen molar-refractivity contribution in [1.82, 2.24) is 24.7 Å². The van der Waals surface area contributed by atoms with Gasteiger partial charge in [0, 0.05) is 38.1 Å². The van der Waals surface area contributed by atoms with Crippen LogP contribution in [0.5, 0.6) is 0 Å². The molecule has 10 nitrogen and oxygen atoms in total. The minimum Gasteiger partial charge on any atom is -0.445 e. The molecule has 1 aliphatic rings. The second-order valence-electron chi connectivity index (χ2n) is 9.57. The number of amides is 3. The Labute approximate surface area is 206 Å². The van der Waals surface area contributed by atoms with Crippen LogP contribution in [0.25, 0.3) is 0 Å². The van der Waals surface area contributed by atoms with Gasteiger partial charge in [0.15, 0.2) is 0 Å². The van der Waals surface area contributed by atoms with Gasteiger partial charge in [-0.05, 0) is 40.2 Å². The van der Waals surface area contributed by atoms with E-state index in [9.17, 15) is 14.4 Å². The molecule has 0 spiro atoms. The maximum atomic E-state index is 13.2. The van der Waals surface area contributed by atoms with E-state index in [1.54, 1.807) is 27.0 Å². The normalized spacial score (nSPS) is 16.1. The van der Waals surface area contributed by atoms with Crippen molar-refractivity contribution in [3.63, 3.8) is 0 Å². The number of nitrogens with zero attached hydrogens (tertiary/aromatic N) is 4. The molecule has 2 aromatic rings. The zero-order valence-corrected chi connectivity index (χ0v) is 21.1. The van der Waals surface area contributed by atoms with Crippen LogP contribution < -0.4 is 5.32 Å². The molecule has 190 valence electrons. The fourth-order valence-electron chi connectivity index (χ4n) is 3.85. The average Bonchev–Trinajstić information content (AvgIpc) is 3.13. The van der Waals surface area contributed by atoms with Gasteiger partial charge >= 0.3 is 12.2 Å². The Morgan fingerprint density at radius 3 is 2.43 bits per heavy atom. The maximum absolute atomic E-state index is 13.2. The number of carbonyl (C=O) groups excluding carboxylic acids is 3. The van der Waals surface area contributed by atoms with Gasteiger partial charge in [-0.2, -0.15) is 0 Å². The van der Waals surface area contributed by atoms with E-state index in [0.29, 0.717) is 13.1 Å². The van der Waals surface area contributed by atoms with Crippen molar-refractivity contribution >= 4 is 18.1 Å². The highest BCUT2D eigenvalue weighted by Gasteiger charge is 2.39. The van der Waals surface area contributed by atoms with Gasteiger partial charge in [0.2, 0.25) is 5.91 Å². The number of hydrogen-bond acceptors (Lipinski definition) is 6. The van der Waals surface area contributed by atoms with Gasteiger partial charge in [-0.15, -0.1) is 0 Å². The quantitative estimate of drug-likeness (QED) is 0.675. The second-order valence-corrected chi connectivity index (χ2v) is 9.57. The number of hydrogen-bond donors (Lipinski definition) is 1. The molecule has 1 fully saturated rings. The largest absolute Gasteiger partial charge is 0.445 e. The third kappa shape index (κ3) is 7.21. The summed E-state index contributed by atoms with van der Waals surface area (Å²) in [6, 6.07) is 8.43. The third-order valence-electron chi connectivity index (χ3n) is 5.66. The molecule has 1 saturated heterocycles. The van der Waals surface area contributed by atoms with Gasteiger partial charge < -0.3 is 24.3 Å². The van der Waals surface area contributed by atoms with E-state index in [1.165, 1.54) is 9.80 Å². The van der Waals surface area contributed by atoms with Crippen molar-refractivity contribution in [2.24, 2.45) is 0 Å². The molecule has 10 heteroatoms. The van der Waals surface area contributed by atoms with Gasteiger partial charge in [-0.25, -0.2) is 14.6 Å². The third-order valence-corrected chi connectivity index (χ3v) is 5.66. The summed E-state index contributed by atoms with van der Waals surface area (Å²) >= 11 is 0. The topological polar surface area (TPSA) is 106 Å². The molecule has 1 aromatic carbocycles. The number of ether oxygens (including phenoxy) is 2. The van der Waals surface area contributed by atoms with E-state index >= 15 is 0 Å². The number of aryl methyl sites for hydroxylation is 2. The van der Waals surface area contributed by atoms with E-state index in [4.69, 9.17) is 9.47 Å². The molecule has 1 atom stereocenters. The summed E-state index contributed by atoms with van der Waals surface area (Å²) in [6.07, 6.45) is 0.665. The number of rotatable bonds is 6. The molecule has 0 saturated carbocycles. The molecule has 0 aliphatic carbocycles. The second kappa shape index (κ2) is 11.2. The van der Waals surface area contributed by atoms with Crippen LogP contribution in [-0.4, -0.2) is 75.3 Å². The predicted molar refractivity (Wildman–Crippen MR) is 130 cm³/mol. The molecule has 1 aliphatic heterocycles. The SMILES string of the molecule is Cc1cnc(C)n1CCNC(=O)[C@H]1CN(C(=O)OC(C)(C)C)CCN1C(=O)OCc1ccccc1. The standard InChI is InChI=1S/C25H35N5O5/c1-18-15-27-19(2)29(18)12-11-26-22(31)21-16-28(23(32)35-25(3,4)5)13-14-30(21)24(33)34-17-20-9-7-6-8-10-20/h6-10,15,21H,11-14,16-17H2,1-5H3,(H,26,31)/t21-/m1/s1. The highest BCUT2D eigenvalue weighted by Crippen LogP contribution is 2.17. The summed E-state index contributed by atoms with van der Waals surface area (Å²) in [7, 11) is 0. The zero-order valence-electron chi connectivity index (χ0n) is 21.1. The minimum absolute atomic E-state index is 0.0182. The van der Waals surface area contributed by atoms with Crippen LogP contribution in [0.1, 0.15) is 37.9 Å². The molecule has 0 bridgehead atoms. The van der Waals surface area contributed by atoms with Gasteiger partial charge in [0.25, 0.3) is 0 Å². The first-order valence-corrected chi connectivity index (χ1v) is 11.8. The van der Waals surface area contributed by atoms with Crippen LogP contribution in [-0.2, 0) is 27.4 Å². The van der Waals surface area contributed by atoms with Gasteiger partial charge in [-0.1, -0.05) is 30.3 Å². The van der Waals surface area contributed by atoms with Gasteiger partial charge in [0.1, 0.15) is 24.1 Å². The molecule has 0 unspecified atom stereocenters. The van der Waals surface area contributed by atoms with E-state index in [0.717, 1.165) is 17.1 Å². The van der Waals surface area contributed by atoms with E-state index in [1.807, 2.05) is 48.7 Å². The first-order chi connectivity index (χ1) is 16.5. The van der Waals surface area contributed by atoms with Crippen molar-refractivity contribution in [2.45, 2.75) is 59.4 Å². The number of benzene rings is 1. The van der Waals surface area contributed by atoms with Gasteiger partial charge in [-0.3, -0.25) is 9.69 Å². The monoisotopic (exact) mass is 485 g/mol. The summed E-state index contributed by atoms with van der Waals surface area (Å²) in [4.78, 5) is 45.8. The highest BCUT2D eigenvalue weighted by molar-refractivity contribution is 5.87. The number of aromatic nitrogens is 2. The van der Waals surface area contributed by atoms with Crippen LogP contribution in [0, 0.1) is 13.8 Å². The van der Waals surface area contributed by atoms with E-state index < -0.39 is 23.8 Å². The first kappa shape index (κ1) is 26.1. The maximum Gasteiger partial charge on any atom is 0.410 e. The van der Waals surface area contributed by atoms with Crippen molar-refractivity contribution in [3.05, 3.63) is 53.6 Å². The smallest absolute Gasteiger partial charge is 0.410 e. The van der Waals surface area contributed by atoms with E-state index in [2.05, 4.69) is 10.3 Å². The molecule has 0 radical (unpaired) electrons. The number of imidazole rings is 1. The summed E-state index contributed by atoms with van der Waals surface area (Å²) in [5, 5.41) is 2.90. The Kier molecular flexibility index (Phi) is 8.37. The van der Waals surface area contributed by atoms with Crippen LogP contribution in [0.4, 0.5) is 9.59 Å². The predicted octanol–water partition coefficient (Wildman–Crippen LogP) is 2.87. The Morgan fingerprint density at radius 2 is 1.80 bits per heavy atom. The highest BCUT2D eigenvalue weighted by atomic mass is 16.6. The first-order valence-electron chi connectivity index (χ1n) is 11.8. The summed E-state index contributed by atoms with van der Waals surface area (Å²) < 4.78 is 13.0. The van der Waals surface area contributed by atoms with Gasteiger partial charge in [0.05, 0.1) is 6.54 Å². The summed E-state index contributed by atoms with van der Waals surface area (Å²) in [6.45, 7) is 10.6. The molecular formula is C25H35N5O5. The minimum atomic E-state index is -0.899. The molecule has 1 N–H and O–H groups in total. The molecule has 35 heavy (non-hydrogen) atoms. The van der Waals surface area contributed by atoms with Crippen molar-refractivity contribution in [3.8, 4) is 0 Å². The zero-order chi connectivity index (χ0) is 25.6.